The van der Waals surface area contributed by atoms with E-state index < -0.39 is 12.8 Å². The lowest BCUT2D eigenvalue weighted by molar-refractivity contribution is -0.153. The van der Waals surface area contributed by atoms with Gasteiger partial charge in [-0.1, -0.05) is 12.1 Å². The Kier molecular flexibility index (Phi) is 9.28. The fourth-order valence-corrected chi connectivity index (χ4v) is 3.49. The summed E-state index contributed by atoms with van der Waals surface area (Å²) >= 11 is 0. The maximum absolute atomic E-state index is 12.2. The van der Waals surface area contributed by atoms with Crippen LogP contribution in [0.4, 0.5) is 13.2 Å². The highest BCUT2D eigenvalue weighted by atomic mass is 127. The summed E-state index contributed by atoms with van der Waals surface area (Å²) in [7, 11) is 1.70. The fourth-order valence-electron chi connectivity index (χ4n) is 3.49. The van der Waals surface area contributed by atoms with E-state index in [1.807, 2.05) is 0 Å². The maximum atomic E-state index is 12.2. The summed E-state index contributed by atoms with van der Waals surface area (Å²) in [4.78, 5) is 6.70. The van der Waals surface area contributed by atoms with Crippen LogP contribution in [0.1, 0.15) is 18.4 Å². The van der Waals surface area contributed by atoms with Crippen LogP contribution < -0.4 is 15.4 Å². The van der Waals surface area contributed by atoms with Crippen molar-refractivity contribution in [3.63, 3.8) is 0 Å². The van der Waals surface area contributed by atoms with Gasteiger partial charge in [-0.25, -0.2) is 0 Å². The molecule has 0 amide bonds. The molecule has 164 valence electrons. The van der Waals surface area contributed by atoms with Crippen molar-refractivity contribution in [2.45, 2.75) is 37.7 Å². The Morgan fingerprint density at radius 1 is 1.28 bits per heavy atom. The summed E-state index contributed by atoms with van der Waals surface area (Å²) in [6.45, 7) is 2.77. The number of ether oxygens (including phenoxy) is 2. The lowest BCUT2D eigenvalue weighted by Gasteiger charge is -2.35. The summed E-state index contributed by atoms with van der Waals surface area (Å²) < 4.78 is 47.2. The second-order valence-corrected chi connectivity index (χ2v) is 7.10. The number of benzene rings is 1. The van der Waals surface area contributed by atoms with Gasteiger partial charge in [-0.2, -0.15) is 13.2 Å². The Morgan fingerprint density at radius 3 is 2.72 bits per heavy atom. The Bertz CT molecular complexity index is 658. The van der Waals surface area contributed by atoms with Gasteiger partial charge in [-0.05, 0) is 37.1 Å². The molecule has 0 radical (unpaired) electrons. The zero-order valence-electron chi connectivity index (χ0n) is 16.4. The molecule has 1 aromatic rings. The van der Waals surface area contributed by atoms with Gasteiger partial charge in [0.05, 0.1) is 12.7 Å². The molecule has 0 aromatic heterocycles. The molecule has 2 saturated heterocycles. The molecule has 2 N–H and O–H groups in total. The molecule has 2 heterocycles. The van der Waals surface area contributed by atoms with Crippen LogP contribution in [0.5, 0.6) is 5.75 Å². The van der Waals surface area contributed by atoms with Gasteiger partial charge in [0.1, 0.15) is 5.75 Å². The summed E-state index contributed by atoms with van der Waals surface area (Å²) in [5.41, 5.74) is 0.913. The van der Waals surface area contributed by atoms with Crippen LogP contribution in [0.2, 0.25) is 0 Å². The fraction of sp³-hybridized carbons (Fsp3) is 0.632. The Morgan fingerprint density at radius 2 is 2.03 bits per heavy atom. The van der Waals surface area contributed by atoms with E-state index in [1.54, 1.807) is 19.2 Å². The summed E-state index contributed by atoms with van der Waals surface area (Å²) in [5.74, 6) is 0.850. The van der Waals surface area contributed by atoms with Gasteiger partial charge in [0.15, 0.2) is 12.6 Å². The molecule has 10 heteroatoms. The molecule has 2 atom stereocenters. The van der Waals surface area contributed by atoms with E-state index in [0.717, 1.165) is 25.3 Å². The first-order chi connectivity index (χ1) is 13.4. The Labute approximate surface area is 186 Å². The van der Waals surface area contributed by atoms with Crippen LogP contribution in [0.25, 0.3) is 0 Å². The van der Waals surface area contributed by atoms with Gasteiger partial charge < -0.3 is 20.1 Å². The number of halogens is 4. The van der Waals surface area contributed by atoms with Crippen molar-refractivity contribution in [3.05, 3.63) is 29.8 Å². The first-order valence-electron chi connectivity index (χ1n) is 9.51. The van der Waals surface area contributed by atoms with Crippen molar-refractivity contribution in [1.29, 1.82) is 0 Å². The van der Waals surface area contributed by atoms with Gasteiger partial charge in [0.2, 0.25) is 0 Å². The van der Waals surface area contributed by atoms with Gasteiger partial charge >= 0.3 is 6.18 Å². The zero-order valence-corrected chi connectivity index (χ0v) is 18.7. The third-order valence-electron chi connectivity index (χ3n) is 4.97. The molecule has 0 aliphatic carbocycles. The highest BCUT2D eigenvalue weighted by Gasteiger charge is 2.32. The number of alkyl halides is 3. The number of morpholine rings is 1. The molecule has 2 unspecified atom stereocenters. The largest absolute Gasteiger partial charge is 0.484 e. The number of rotatable bonds is 6. The van der Waals surface area contributed by atoms with Crippen LogP contribution in [0.3, 0.4) is 0 Å². The van der Waals surface area contributed by atoms with Crippen molar-refractivity contribution >= 4 is 29.9 Å². The van der Waals surface area contributed by atoms with Crippen molar-refractivity contribution < 1.29 is 22.6 Å². The first kappa shape index (κ1) is 24.0. The minimum atomic E-state index is -4.34. The van der Waals surface area contributed by atoms with E-state index in [-0.39, 0.29) is 35.8 Å². The van der Waals surface area contributed by atoms with Gasteiger partial charge in [0, 0.05) is 32.7 Å². The molecule has 2 aliphatic heterocycles. The van der Waals surface area contributed by atoms with Gasteiger partial charge in [-0.3, -0.25) is 9.89 Å². The average Bonchev–Trinajstić information content (AvgIpc) is 3.14. The molecule has 2 fully saturated rings. The van der Waals surface area contributed by atoms with Crippen molar-refractivity contribution in [2.24, 2.45) is 4.99 Å². The van der Waals surface area contributed by atoms with Crippen molar-refractivity contribution in [1.82, 2.24) is 15.5 Å². The average molecular weight is 528 g/mol. The second-order valence-electron chi connectivity index (χ2n) is 7.10. The minimum Gasteiger partial charge on any atom is -0.484 e. The topological polar surface area (TPSA) is 58.1 Å². The molecular weight excluding hydrogens is 500 g/mol. The van der Waals surface area contributed by atoms with E-state index in [9.17, 15) is 13.2 Å². The second kappa shape index (κ2) is 11.2. The monoisotopic (exact) mass is 528 g/mol. The van der Waals surface area contributed by atoms with Crippen LogP contribution in [-0.2, 0) is 11.3 Å². The number of aliphatic imine (C=N–C) groups is 1. The smallest absolute Gasteiger partial charge is 0.422 e. The molecular formula is C19H28F3IN4O2. The Hall–Kier alpha value is -1.27. The predicted molar refractivity (Wildman–Crippen MR) is 116 cm³/mol. The highest BCUT2D eigenvalue weighted by Crippen LogP contribution is 2.22. The minimum absolute atomic E-state index is 0. The third-order valence-corrected chi connectivity index (χ3v) is 4.97. The predicted octanol–water partition coefficient (Wildman–Crippen LogP) is 2.77. The van der Waals surface area contributed by atoms with Crippen molar-refractivity contribution in [3.8, 4) is 5.75 Å². The van der Waals surface area contributed by atoms with Crippen LogP contribution in [-0.4, -0.2) is 69.1 Å². The normalized spacial score (nSPS) is 22.6. The summed E-state index contributed by atoms with van der Waals surface area (Å²) in [6.07, 6.45) is -1.73. The number of guanidine groups is 1. The van der Waals surface area contributed by atoms with E-state index in [4.69, 9.17) is 9.47 Å². The van der Waals surface area contributed by atoms with E-state index in [1.165, 1.54) is 25.0 Å². The lowest BCUT2D eigenvalue weighted by atomic mass is 10.2. The highest BCUT2D eigenvalue weighted by molar-refractivity contribution is 14.0. The first-order valence-corrected chi connectivity index (χ1v) is 9.51. The molecule has 29 heavy (non-hydrogen) atoms. The Balaban J connectivity index is 0.00000300. The zero-order chi connectivity index (χ0) is 20.0. The van der Waals surface area contributed by atoms with Crippen LogP contribution >= 0.6 is 24.0 Å². The molecule has 0 saturated carbocycles. The number of nitrogens with one attached hydrogen (secondary N) is 2. The molecule has 3 rings (SSSR count). The van der Waals surface area contributed by atoms with Crippen LogP contribution in [0, 0.1) is 0 Å². The quantitative estimate of drug-likeness (QED) is 0.338. The van der Waals surface area contributed by atoms with Crippen molar-refractivity contribution in [2.75, 3.05) is 39.9 Å². The molecule has 0 bridgehead atoms. The molecule has 2 aliphatic rings. The lowest BCUT2D eigenvalue weighted by Crippen LogP contribution is -2.51. The van der Waals surface area contributed by atoms with E-state index >= 15 is 0 Å². The molecule has 6 nitrogen and oxygen atoms in total. The number of hydrogen-bond donors (Lipinski definition) is 2. The summed E-state index contributed by atoms with van der Waals surface area (Å²) in [6, 6.07) is 7.09. The molecule has 1 aromatic carbocycles. The van der Waals surface area contributed by atoms with Gasteiger partial charge in [0.25, 0.3) is 0 Å². The SMILES string of the molecule is CN=C(NCc1ccc(OCC(F)(F)F)cc1)NCC1CN2CCCC2CO1.I. The summed E-state index contributed by atoms with van der Waals surface area (Å²) in [5, 5.41) is 6.47. The van der Waals surface area contributed by atoms with Crippen LogP contribution in [0.15, 0.2) is 29.3 Å². The maximum Gasteiger partial charge on any atom is 0.422 e. The number of nitrogens with zero attached hydrogens (tertiary/aromatic N) is 2. The standard InChI is InChI=1S/C19H27F3N4O2.HI/c1-23-18(25-10-17-11-26-8-2-3-15(26)12-27-17)24-9-14-4-6-16(7-5-14)28-13-19(20,21)22;/h4-7,15,17H,2-3,8-13H2,1H3,(H2,23,24,25);1H. The molecule has 0 spiro atoms. The van der Waals surface area contributed by atoms with E-state index in [0.29, 0.717) is 25.1 Å². The van der Waals surface area contributed by atoms with Gasteiger partial charge in [-0.15, -0.1) is 24.0 Å². The number of fused-ring (bicyclic) bond motifs is 1. The number of hydrogen-bond acceptors (Lipinski definition) is 4. The third kappa shape index (κ3) is 7.82. The van der Waals surface area contributed by atoms with E-state index in [2.05, 4.69) is 20.5 Å².